The molecule has 0 unspecified atom stereocenters. The molecule has 0 aliphatic heterocycles. The highest BCUT2D eigenvalue weighted by Gasteiger charge is 2.22. The van der Waals surface area contributed by atoms with Crippen LogP contribution in [0.5, 0.6) is 0 Å². The van der Waals surface area contributed by atoms with E-state index < -0.39 is 17.3 Å². The second-order valence-corrected chi connectivity index (χ2v) is 8.95. The largest absolute Gasteiger partial charge is 0.460 e. The van der Waals surface area contributed by atoms with E-state index in [4.69, 9.17) is 29.2 Å². The number of hydrogen-bond donors (Lipinski definition) is 0. The number of ether oxygens (including phenoxy) is 5. The third kappa shape index (κ3) is 19.9. The molecule has 1 amide bonds. The van der Waals surface area contributed by atoms with Crippen LogP contribution in [0.2, 0.25) is 0 Å². The summed E-state index contributed by atoms with van der Waals surface area (Å²) < 4.78 is 27.0. The lowest BCUT2D eigenvalue weighted by atomic mass is 10.2. The number of carbonyl (C=O) groups is 2. The van der Waals surface area contributed by atoms with E-state index in [1.54, 1.807) is 20.8 Å². The van der Waals surface area contributed by atoms with E-state index in [2.05, 4.69) is 10.0 Å². The minimum atomic E-state index is -0.605. The molecule has 0 rings (SSSR count). The number of hydrogen-bond acceptors (Lipinski definition) is 8. The number of nitrogens with zero attached hydrogens (tertiary/aromatic N) is 4. The molecule has 11 heteroatoms. The Labute approximate surface area is 191 Å². The molecule has 0 saturated heterocycles. The first-order valence-corrected chi connectivity index (χ1v) is 10.9. The zero-order valence-electron chi connectivity index (χ0n) is 20.4. The van der Waals surface area contributed by atoms with Gasteiger partial charge in [0.1, 0.15) is 11.2 Å². The normalized spacial score (nSPS) is 11.6. The van der Waals surface area contributed by atoms with E-state index in [-0.39, 0.29) is 19.1 Å². The monoisotopic (exact) mass is 460 g/mol. The molecule has 0 aliphatic rings. The van der Waals surface area contributed by atoms with Crippen LogP contribution >= 0.6 is 0 Å². The Morgan fingerprint density at radius 1 is 0.812 bits per heavy atom. The zero-order valence-corrected chi connectivity index (χ0v) is 20.4. The van der Waals surface area contributed by atoms with E-state index in [0.29, 0.717) is 59.0 Å². The summed E-state index contributed by atoms with van der Waals surface area (Å²) in [5, 5.41) is 3.39. The maximum absolute atomic E-state index is 12.4. The predicted molar refractivity (Wildman–Crippen MR) is 119 cm³/mol. The van der Waals surface area contributed by atoms with Crippen LogP contribution in [0.15, 0.2) is 5.11 Å². The summed E-state index contributed by atoms with van der Waals surface area (Å²) in [6.45, 7) is 13.9. The molecular formula is C21H40N4O7. The molecule has 0 N–H and O–H groups in total. The molecule has 0 aromatic heterocycles. The Balaban J connectivity index is 4.04. The van der Waals surface area contributed by atoms with Gasteiger partial charge >= 0.3 is 12.1 Å². The molecule has 0 aliphatic carbocycles. The van der Waals surface area contributed by atoms with Gasteiger partial charge in [-0.1, -0.05) is 5.11 Å². The topological polar surface area (TPSA) is 132 Å². The van der Waals surface area contributed by atoms with Crippen LogP contribution in [-0.4, -0.2) is 87.4 Å². The highest BCUT2D eigenvalue weighted by molar-refractivity contribution is 5.69. The van der Waals surface area contributed by atoms with Gasteiger partial charge in [-0.25, -0.2) is 4.79 Å². The molecule has 0 heterocycles. The second kappa shape index (κ2) is 16.5. The van der Waals surface area contributed by atoms with E-state index in [1.807, 2.05) is 20.8 Å². The fourth-order valence-electron chi connectivity index (χ4n) is 2.26. The summed E-state index contributed by atoms with van der Waals surface area (Å²) >= 11 is 0. The molecular weight excluding hydrogens is 420 g/mol. The van der Waals surface area contributed by atoms with Gasteiger partial charge in [-0.05, 0) is 53.5 Å². The van der Waals surface area contributed by atoms with Crippen molar-refractivity contribution in [2.75, 3.05) is 59.3 Å². The average molecular weight is 461 g/mol. The number of esters is 1. The van der Waals surface area contributed by atoms with Gasteiger partial charge < -0.3 is 28.6 Å². The minimum absolute atomic E-state index is 0.235. The van der Waals surface area contributed by atoms with Crippen molar-refractivity contribution < 1.29 is 33.3 Å². The number of azide groups is 1. The molecule has 32 heavy (non-hydrogen) atoms. The van der Waals surface area contributed by atoms with Crippen molar-refractivity contribution in [1.82, 2.24) is 4.90 Å². The van der Waals surface area contributed by atoms with E-state index >= 15 is 0 Å². The van der Waals surface area contributed by atoms with Gasteiger partial charge in [0.25, 0.3) is 0 Å². The van der Waals surface area contributed by atoms with Gasteiger partial charge in [0.05, 0.1) is 33.0 Å². The third-order valence-electron chi connectivity index (χ3n) is 3.52. The van der Waals surface area contributed by atoms with Crippen LogP contribution in [0.25, 0.3) is 10.4 Å². The molecule has 0 aromatic carbocycles. The summed E-state index contributed by atoms with van der Waals surface area (Å²) in [5.41, 5.74) is 7.16. The molecule has 186 valence electrons. The van der Waals surface area contributed by atoms with Crippen LogP contribution in [0.3, 0.4) is 0 Å². The van der Waals surface area contributed by atoms with Crippen LogP contribution in [0.1, 0.15) is 54.4 Å². The summed E-state index contributed by atoms with van der Waals surface area (Å²) in [5.74, 6) is -0.235. The Morgan fingerprint density at radius 3 is 1.88 bits per heavy atom. The van der Waals surface area contributed by atoms with Gasteiger partial charge in [-0.3, -0.25) is 4.79 Å². The number of carbonyl (C=O) groups excluding carboxylic acids is 2. The average Bonchev–Trinajstić information content (AvgIpc) is 2.64. The van der Waals surface area contributed by atoms with Gasteiger partial charge in [0.15, 0.2) is 0 Å². The molecule has 0 radical (unpaired) electrons. The quantitative estimate of drug-likeness (QED) is 0.113. The van der Waals surface area contributed by atoms with Crippen molar-refractivity contribution in [3.8, 4) is 0 Å². The Morgan fingerprint density at radius 2 is 1.34 bits per heavy atom. The first-order valence-electron chi connectivity index (χ1n) is 10.9. The number of amides is 1. The Hall–Kier alpha value is -2.07. The van der Waals surface area contributed by atoms with Gasteiger partial charge in [-0.15, -0.1) is 0 Å². The van der Waals surface area contributed by atoms with Crippen LogP contribution in [0.4, 0.5) is 4.79 Å². The Kier molecular flexibility index (Phi) is 15.5. The summed E-state index contributed by atoms with van der Waals surface area (Å²) in [6, 6.07) is 0. The van der Waals surface area contributed by atoms with E-state index in [1.165, 1.54) is 4.90 Å². The van der Waals surface area contributed by atoms with Crippen molar-refractivity contribution in [2.24, 2.45) is 5.11 Å². The van der Waals surface area contributed by atoms with Crippen molar-refractivity contribution in [1.29, 1.82) is 0 Å². The highest BCUT2D eigenvalue weighted by Crippen LogP contribution is 2.10. The predicted octanol–water partition coefficient (Wildman–Crippen LogP) is 3.71. The van der Waals surface area contributed by atoms with Crippen LogP contribution in [0, 0.1) is 0 Å². The minimum Gasteiger partial charge on any atom is -0.460 e. The third-order valence-corrected chi connectivity index (χ3v) is 3.52. The van der Waals surface area contributed by atoms with Crippen LogP contribution in [-0.2, 0) is 28.5 Å². The molecule has 0 bridgehead atoms. The summed E-state index contributed by atoms with van der Waals surface area (Å²) in [6.07, 6.45) is 0.452. The second-order valence-electron chi connectivity index (χ2n) is 8.95. The lowest BCUT2D eigenvalue weighted by Crippen LogP contribution is -2.40. The molecule has 0 atom stereocenters. The van der Waals surface area contributed by atoms with Crippen molar-refractivity contribution in [3.63, 3.8) is 0 Å². The maximum atomic E-state index is 12.4. The Bertz CT molecular complexity index is 582. The van der Waals surface area contributed by atoms with Gasteiger partial charge in [-0.2, -0.15) is 0 Å². The van der Waals surface area contributed by atoms with E-state index in [9.17, 15) is 9.59 Å². The maximum Gasteiger partial charge on any atom is 0.410 e. The first-order chi connectivity index (χ1) is 14.9. The first kappa shape index (κ1) is 29.9. The standard InChI is InChI=1S/C21H40N4O7/c1-20(2,3)31-18(26)8-7-12-28-16-17-30-15-11-25(19(27)32-21(4,5)6)10-14-29-13-9-23-24-22/h7-17H2,1-6H3. The summed E-state index contributed by atoms with van der Waals surface area (Å²) in [7, 11) is 0. The lowest BCUT2D eigenvalue weighted by molar-refractivity contribution is -0.155. The zero-order chi connectivity index (χ0) is 24.5. The molecule has 0 saturated carbocycles. The molecule has 0 spiro atoms. The molecule has 0 aromatic rings. The van der Waals surface area contributed by atoms with E-state index in [0.717, 1.165) is 0 Å². The fraction of sp³-hybridized carbons (Fsp3) is 0.905. The number of rotatable bonds is 16. The fourth-order valence-corrected chi connectivity index (χ4v) is 2.26. The smallest absolute Gasteiger partial charge is 0.410 e. The SMILES string of the molecule is CC(C)(C)OC(=O)CCCOCCOCCN(CCOCCN=[N+]=[N-])C(=O)OC(C)(C)C. The van der Waals surface area contributed by atoms with Crippen molar-refractivity contribution >= 4 is 12.1 Å². The lowest BCUT2D eigenvalue weighted by Gasteiger charge is -2.27. The van der Waals surface area contributed by atoms with Gasteiger partial charge in [0, 0.05) is 37.6 Å². The summed E-state index contributed by atoms with van der Waals surface area (Å²) in [4.78, 5) is 28.1. The highest BCUT2D eigenvalue weighted by atomic mass is 16.6. The van der Waals surface area contributed by atoms with Crippen molar-refractivity contribution in [3.05, 3.63) is 10.4 Å². The molecule has 11 nitrogen and oxygen atoms in total. The van der Waals surface area contributed by atoms with Crippen molar-refractivity contribution in [2.45, 2.75) is 65.6 Å². The molecule has 0 fully saturated rings. The van der Waals surface area contributed by atoms with Gasteiger partial charge in [0.2, 0.25) is 0 Å². The van der Waals surface area contributed by atoms with Crippen LogP contribution < -0.4 is 0 Å².